The van der Waals surface area contributed by atoms with Crippen molar-refractivity contribution in [2.45, 2.75) is 32.0 Å². The summed E-state index contributed by atoms with van der Waals surface area (Å²) in [5.41, 5.74) is 6.65. The fourth-order valence-electron chi connectivity index (χ4n) is 2.47. The molecule has 1 unspecified atom stereocenters. The Bertz CT molecular complexity index is 724. The SMILES string of the molecule is CC(C)c1ccc(C(N)CNC(=O)c2ccccc2C(F)(F)F)cc1. The first-order chi connectivity index (χ1) is 11.7. The van der Waals surface area contributed by atoms with Gasteiger partial charge in [-0.25, -0.2) is 0 Å². The summed E-state index contributed by atoms with van der Waals surface area (Å²) in [6, 6.07) is 11.9. The van der Waals surface area contributed by atoms with Gasteiger partial charge in [-0.3, -0.25) is 4.79 Å². The fourth-order valence-corrected chi connectivity index (χ4v) is 2.47. The van der Waals surface area contributed by atoms with E-state index in [0.29, 0.717) is 5.92 Å². The summed E-state index contributed by atoms with van der Waals surface area (Å²) >= 11 is 0. The van der Waals surface area contributed by atoms with E-state index in [9.17, 15) is 18.0 Å². The van der Waals surface area contributed by atoms with Gasteiger partial charge in [-0.2, -0.15) is 13.2 Å². The van der Waals surface area contributed by atoms with Gasteiger partial charge in [0.05, 0.1) is 11.1 Å². The van der Waals surface area contributed by atoms with Crippen LogP contribution in [0.1, 0.15) is 52.9 Å². The third-order valence-electron chi connectivity index (χ3n) is 3.99. The molecule has 1 atom stereocenters. The number of amides is 1. The van der Waals surface area contributed by atoms with E-state index in [1.807, 2.05) is 24.3 Å². The largest absolute Gasteiger partial charge is 0.417 e. The molecule has 0 fully saturated rings. The molecule has 3 nitrogen and oxygen atoms in total. The van der Waals surface area contributed by atoms with Crippen LogP contribution in [0.15, 0.2) is 48.5 Å². The number of rotatable bonds is 5. The number of nitrogens with one attached hydrogen (secondary N) is 1. The van der Waals surface area contributed by atoms with Crippen LogP contribution >= 0.6 is 0 Å². The van der Waals surface area contributed by atoms with Gasteiger partial charge in [-0.15, -0.1) is 0 Å². The van der Waals surface area contributed by atoms with E-state index in [1.165, 1.54) is 17.7 Å². The standard InChI is InChI=1S/C19H21F3N2O/c1-12(2)13-7-9-14(10-8-13)17(23)11-24-18(25)15-5-3-4-6-16(15)19(20,21)22/h3-10,12,17H,11,23H2,1-2H3,(H,24,25). The summed E-state index contributed by atoms with van der Waals surface area (Å²) in [6.07, 6.45) is -4.58. The second-order valence-electron chi connectivity index (χ2n) is 6.18. The minimum atomic E-state index is -4.58. The predicted molar refractivity (Wildman–Crippen MR) is 91.2 cm³/mol. The fraction of sp³-hybridized carbons (Fsp3) is 0.316. The molecule has 0 saturated carbocycles. The van der Waals surface area contributed by atoms with Gasteiger partial charge < -0.3 is 11.1 Å². The molecule has 2 rings (SSSR count). The van der Waals surface area contributed by atoms with Gasteiger partial charge in [0.15, 0.2) is 0 Å². The Hall–Kier alpha value is -2.34. The van der Waals surface area contributed by atoms with Gasteiger partial charge in [-0.1, -0.05) is 50.2 Å². The Kier molecular flexibility index (Phi) is 5.85. The lowest BCUT2D eigenvalue weighted by Crippen LogP contribution is -2.33. The van der Waals surface area contributed by atoms with Crippen molar-refractivity contribution in [3.8, 4) is 0 Å². The molecule has 2 aromatic rings. The first kappa shape index (κ1) is 19.0. The van der Waals surface area contributed by atoms with E-state index in [4.69, 9.17) is 5.73 Å². The molecule has 0 saturated heterocycles. The molecule has 0 spiro atoms. The summed E-state index contributed by atoms with van der Waals surface area (Å²) in [7, 11) is 0. The topological polar surface area (TPSA) is 55.1 Å². The van der Waals surface area contributed by atoms with Crippen LogP contribution in [0.4, 0.5) is 13.2 Å². The normalized spacial score (nSPS) is 12.9. The maximum atomic E-state index is 13.0. The molecule has 0 heterocycles. The van der Waals surface area contributed by atoms with E-state index < -0.39 is 29.3 Å². The lowest BCUT2D eigenvalue weighted by atomic mass is 9.99. The smallest absolute Gasteiger partial charge is 0.350 e. The van der Waals surface area contributed by atoms with Crippen LogP contribution in [0.25, 0.3) is 0 Å². The van der Waals surface area contributed by atoms with Gasteiger partial charge >= 0.3 is 6.18 Å². The highest BCUT2D eigenvalue weighted by molar-refractivity contribution is 5.95. The summed E-state index contributed by atoms with van der Waals surface area (Å²) in [4.78, 5) is 12.1. The molecule has 0 radical (unpaired) electrons. The number of hydrogen-bond acceptors (Lipinski definition) is 2. The molecule has 1 amide bonds. The molecule has 0 aliphatic heterocycles. The van der Waals surface area contributed by atoms with E-state index in [-0.39, 0.29) is 6.54 Å². The van der Waals surface area contributed by atoms with Crippen molar-refractivity contribution in [1.29, 1.82) is 0 Å². The van der Waals surface area contributed by atoms with E-state index in [1.54, 1.807) is 0 Å². The highest BCUT2D eigenvalue weighted by Crippen LogP contribution is 2.31. The van der Waals surface area contributed by atoms with E-state index in [0.717, 1.165) is 17.7 Å². The van der Waals surface area contributed by atoms with Crippen molar-refractivity contribution < 1.29 is 18.0 Å². The van der Waals surface area contributed by atoms with E-state index in [2.05, 4.69) is 19.2 Å². The molecular weight excluding hydrogens is 329 g/mol. The number of carbonyl (C=O) groups is 1. The molecule has 3 N–H and O–H groups in total. The minimum Gasteiger partial charge on any atom is -0.350 e. The molecule has 134 valence electrons. The molecule has 25 heavy (non-hydrogen) atoms. The average molecular weight is 350 g/mol. The van der Waals surface area contributed by atoms with Crippen LogP contribution in [-0.2, 0) is 6.18 Å². The summed E-state index contributed by atoms with van der Waals surface area (Å²) in [5.74, 6) is -0.397. The van der Waals surface area contributed by atoms with Crippen LogP contribution in [0.2, 0.25) is 0 Å². The average Bonchev–Trinajstić information content (AvgIpc) is 2.58. The Morgan fingerprint density at radius 3 is 2.16 bits per heavy atom. The Morgan fingerprint density at radius 2 is 1.60 bits per heavy atom. The third kappa shape index (κ3) is 4.82. The van der Waals surface area contributed by atoms with Crippen molar-refractivity contribution in [2.75, 3.05) is 6.54 Å². The molecule has 0 aliphatic rings. The van der Waals surface area contributed by atoms with Crippen LogP contribution in [0.3, 0.4) is 0 Å². The highest BCUT2D eigenvalue weighted by atomic mass is 19.4. The minimum absolute atomic E-state index is 0.0477. The van der Waals surface area contributed by atoms with Crippen molar-refractivity contribution in [3.05, 3.63) is 70.8 Å². The highest BCUT2D eigenvalue weighted by Gasteiger charge is 2.34. The zero-order valence-corrected chi connectivity index (χ0v) is 14.1. The number of nitrogens with two attached hydrogens (primary N) is 1. The lowest BCUT2D eigenvalue weighted by molar-refractivity contribution is -0.137. The number of alkyl halides is 3. The molecule has 6 heteroatoms. The van der Waals surface area contributed by atoms with Gasteiger partial charge in [0, 0.05) is 12.6 Å². The van der Waals surface area contributed by atoms with Crippen molar-refractivity contribution in [3.63, 3.8) is 0 Å². The quantitative estimate of drug-likeness (QED) is 0.847. The molecule has 0 aromatic heterocycles. The molecule has 2 aromatic carbocycles. The van der Waals surface area contributed by atoms with Gasteiger partial charge in [-0.05, 0) is 29.2 Å². The van der Waals surface area contributed by atoms with Crippen molar-refractivity contribution >= 4 is 5.91 Å². The number of carbonyl (C=O) groups excluding carboxylic acids is 1. The second-order valence-corrected chi connectivity index (χ2v) is 6.18. The Morgan fingerprint density at radius 1 is 1.04 bits per heavy atom. The number of halogens is 3. The molecular formula is C19H21F3N2O. The summed E-state index contributed by atoms with van der Waals surface area (Å²) in [5, 5.41) is 2.48. The summed E-state index contributed by atoms with van der Waals surface area (Å²) in [6.45, 7) is 4.20. The van der Waals surface area contributed by atoms with Crippen LogP contribution in [-0.4, -0.2) is 12.5 Å². The zero-order chi connectivity index (χ0) is 18.6. The second kappa shape index (κ2) is 7.70. The van der Waals surface area contributed by atoms with Crippen LogP contribution in [0.5, 0.6) is 0 Å². The number of hydrogen-bond donors (Lipinski definition) is 2. The van der Waals surface area contributed by atoms with E-state index >= 15 is 0 Å². The van der Waals surface area contributed by atoms with Crippen molar-refractivity contribution in [2.24, 2.45) is 5.73 Å². The molecule has 0 bridgehead atoms. The Labute approximate surface area is 145 Å². The lowest BCUT2D eigenvalue weighted by Gasteiger charge is -2.16. The predicted octanol–water partition coefficient (Wildman–Crippen LogP) is 4.26. The summed E-state index contributed by atoms with van der Waals surface area (Å²) < 4.78 is 38.9. The first-order valence-corrected chi connectivity index (χ1v) is 8.00. The van der Waals surface area contributed by atoms with Crippen LogP contribution in [0, 0.1) is 0 Å². The number of benzene rings is 2. The van der Waals surface area contributed by atoms with Crippen molar-refractivity contribution in [1.82, 2.24) is 5.32 Å². The van der Waals surface area contributed by atoms with Gasteiger partial charge in [0.1, 0.15) is 0 Å². The molecule has 0 aliphatic carbocycles. The first-order valence-electron chi connectivity index (χ1n) is 8.00. The third-order valence-corrected chi connectivity index (χ3v) is 3.99. The maximum Gasteiger partial charge on any atom is 0.417 e. The zero-order valence-electron chi connectivity index (χ0n) is 14.1. The maximum absolute atomic E-state index is 13.0. The van der Waals surface area contributed by atoms with Gasteiger partial charge in [0.2, 0.25) is 0 Å². The Balaban J connectivity index is 2.05. The van der Waals surface area contributed by atoms with Gasteiger partial charge in [0.25, 0.3) is 5.91 Å². The van der Waals surface area contributed by atoms with Crippen LogP contribution < -0.4 is 11.1 Å². The monoisotopic (exact) mass is 350 g/mol.